The number of benzene rings is 2. The first-order chi connectivity index (χ1) is 13.0. The van der Waals surface area contributed by atoms with Crippen molar-refractivity contribution in [3.63, 3.8) is 0 Å². The quantitative estimate of drug-likeness (QED) is 0.682. The molecule has 0 fully saturated rings. The standard InChI is InChI=1S/C19H15N3O4S/c20-12-14-3-1-4-15(11-14)19(23)22-16-6-8-18(9-7-16)27(24,25)21-13-17-5-2-10-26-17/h1-11,21H,13H2,(H,22,23). The van der Waals surface area contributed by atoms with Crippen molar-refractivity contribution in [2.75, 3.05) is 5.32 Å². The van der Waals surface area contributed by atoms with Crippen molar-refractivity contribution < 1.29 is 17.6 Å². The SMILES string of the molecule is N#Cc1cccc(C(=O)Nc2ccc(S(=O)(=O)NCc3ccco3)cc2)c1. The molecule has 0 unspecified atom stereocenters. The summed E-state index contributed by atoms with van der Waals surface area (Å²) in [4.78, 5) is 12.3. The van der Waals surface area contributed by atoms with E-state index in [1.165, 1.54) is 36.6 Å². The largest absolute Gasteiger partial charge is 0.468 e. The molecule has 8 heteroatoms. The van der Waals surface area contributed by atoms with Crippen LogP contribution in [0.4, 0.5) is 5.69 Å². The van der Waals surface area contributed by atoms with Crippen molar-refractivity contribution in [1.82, 2.24) is 4.72 Å². The van der Waals surface area contributed by atoms with E-state index in [9.17, 15) is 13.2 Å². The molecule has 136 valence electrons. The fourth-order valence-corrected chi connectivity index (χ4v) is 3.31. The van der Waals surface area contributed by atoms with Crippen LogP contribution in [0.15, 0.2) is 76.2 Å². The molecule has 0 saturated carbocycles. The fraction of sp³-hybridized carbons (Fsp3) is 0.0526. The molecule has 0 atom stereocenters. The van der Waals surface area contributed by atoms with Gasteiger partial charge in [0.2, 0.25) is 10.0 Å². The number of nitrogens with zero attached hydrogens (tertiary/aromatic N) is 1. The van der Waals surface area contributed by atoms with Crippen LogP contribution in [0.25, 0.3) is 0 Å². The van der Waals surface area contributed by atoms with Gasteiger partial charge < -0.3 is 9.73 Å². The Hall–Kier alpha value is -3.41. The van der Waals surface area contributed by atoms with Crippen LogP contribution in [-0.4, -0.2) is 14.3 Å². The third kappa shape index (κ3) is 4.61. The average molecular weight is 381 g/mol. The molecule has 2 N–H and O–H groups in total. The second-order valence-electron chi connectivity index (χ2n) is 5.58. The highest BCUT2D eigenvalue weighted by Gasteiger charge is 2.15. The Morgan fingerprint density at radius 1 is 1.07 bits per heavy atom. The van der Waals surface area contributed by atoms with Crippen molar-refractivity contribution >= 4 is 21.6 Å². The molecule has 2 aromatic carbocycles. The normalized spacial score (nSPS) is 10.9. The summed E-state index contributed by atoms with van der Waals surface area (Å²) in [6.07, 6.45) is 1.47. The van der Waals surface area contributed by atoms with Crippen molar-refractivity contribution in [3.8, 4) is 6.07 Å². The van der Waals surface area contributed by atoms with Crippen LogP contribution in [0.5, 0.6) is 0 Å². The van der Waals surface area contributed by atoms with E-state index in [0.717, 1.165) is 0 Å². The van der Waals surface area contributed by atoms with Crippen molar-refractivity contribution in [2.45, 2.75) is 11.4 Å². The molecule has 1 heterocycles. The van der Waals surface area contributed by atoms with Crippen LogP contribution < -0.4 is 10.0 Å². The Morgan fingerprint density at radius 2 is 1.85 bits per heavy atom. The van der Waals surface area contributed by atoms with Crippen LogP contribution in [0.2, 0.25) is 0 Å². The lowest BCUT2D eigenvalue weighted by Crippen LogP contribution is -2.23. The Bertz CT molecular complexity index is 1080. The second-order valence-corrected chi connectivity index (χ2v) is 7.34. The number of furan rings is 1. The molecular formula is C19H15N3O4S. The van der Waals surface area contributed by atoms with Gasteiger partial charge in [-0.05, 0) is 54.6 Å². The van der Waals surface area contributed by atoms with E-state index in [0.29, 0.717) is 22.6 Å². The Balaban J connectivity index is 1.67. The predicted molar refractivity (Wildman–Crippen MR) is 98.3 cm³/mol. The lowest BCUT2D eigenvalue weighted by atomic mass is 10.1. The smallest absolute Gasteiger partial charge is 0.255 e. The summed E-state index contributed by atoms with van der Waals surface area (Å²) >= 11 is 0. The van der Waals surface area contributed by atoms with Gasteiger partial charge >= 0.3 is 0 Å². The summed E-state index contributed by atoms with van der Waals surface area (Å²) < 4.78 is 32.1. The molecule has 0 aliphatic heterocycles. The summed E-state index contributed by atoms with van der Waals surface area (Å²) in [5, 5.41) is 11.6. The zero-order chi connectivity index (χ0) is 19.3. The van der Waals surface area contributed by atoms with Crippen molar-refractivity contribution in [3.05, 3.63) is 83.8 Å². The minimum atomic E-state index is -3.70. The van der Waals surface area contributed by atoms with Gasteiger partial charge in [-0.15, -0.1) is 0 Å². The molecule has 3 rings (SSSR count). The molecule has 0 aliphatic carbocycles. The topological polar surface area (TPSA) is 112 Å². The first kappa shape index (κ1) is 18.4. The number of hydrogen-bond acceptors (Lipinski definition) is 5. The van der Waals surface area contributed by atoms with Gasteiger partial charge in [0.15, 0.2) is 0 Å². The number of carbonyl (C=O) groups excluding carboxylic acids is 1. The number of anilines is 1. The van der Waals surface area contributed by atoms with E-state index in [1.807, 2.05) is 6.07 Å². The Morgan fingerprint density at radius 3 is 2.52 bits per heavy atom. The van der Waals surface area contributed by atoms with Crippen molar-refractivity contribution in [2.24, 2.45) is 0 Å². The first-order valence-corrected chi connectivity index (χ1v) is 9.40. The number of sulfonamides is 1. The highest BCUT2D eigenvalue weighted by atomic mass is 32.2. The molecule has 0 radical (unpaired) electrons. The van der Waals surface area contributed by atoms with Gasteiger partial charge in [-0.2, -0.15) is 5.26 Å². The van der Waals surface area contributed by atoms with E-state index in [4.69, 9.17) is 9.68 Å². The van der Waals surface area contributed by atoms with Gasteiger partial charge in [0, 0.05) is 11.3 Å². The van der Waals surface area contributed by atoms with E-state index >= 15 is 0 Å². The molecule has 1 aromatic heterocycles. The van der Waals surface area contributed by atoms with Gasteiger partial charge in [-0.3, -0.25) is 4.79 Å². The summed E-state index contributed by atoms with van der Waals surface area (Å²) in [7, 11) is -3.70. The zero-order valence-electron chi connectivity index (χ0n) is 14.0. The highest BCUT2D eigenvalue weighted by Crippen LogP contribution is 2.16. The Kier molecular flexibility index (Phi) is 5.35. The molecule has 1 amide bonds. The number of rotatable bonds is 6. The molecule has 7 nitrogen and oxygen atoms in total. The van der Waals surface area contributed by atoms with Crippen LogP contribution in [0.3, 0.4) is 0 Å². The molecule has 3 aromatic rings. The lowest BCUT2D eigenvalue weighted by Gasteiger charge is -2.08. The molecule has 27 heavy (non-hydrogen) atoms. The van der Waals surface area contributed by atoms with E-state index in [-0.39, 0.29) is 11.4 Å². The monoisotopic (exact) mass is 381 g/mol. The minimum absolute atomic E-state index is 0.0447. The molecule has 0 saturated heterocycles. The van der Waals surface area contributed by atoms with Gasteiger partial charge in [-0.1, -0.05) is 6.07 Å². The maximum atomic E-state index is 12.3. The van der Waals surface area contributed by atoms with Gasteiger partial charge in [0.05, 0.1) is 29.3 Å². The van der Waals surface area contributed by atoms with Crippen LogP contribution in [0.1, 0.15) is 21.7 Å². The van der Waals surface area contributed by atoms with Gasteiger partial charge in [0.25, 0.3) is 5.91 Å². The predicted octanol–water partition coefficient (Wildman–Crippen LogP) is 2.88. The zero-order valence-corrected chi connectivity index (χ0v) is 14.9. The van der Waals surface area contributed by atoms with E-state index in [1.54, 1.807) is 30.3 Å². The molecular weight excluding hydrogens is 366 g/mol. The fourth-order valence-electron chi connectivity index (χ4n) is 2.31. The summed E-state index contributed by atoms with van der Waals surface area (Å²) in [5.41, 5.74) is 1.16. The molecule has 0 spiro atoms. The van der Waals surface area contributed by atoms with Gasteiger partial charge in [0.1, 0.15) is 5.76 Å². The summed E-state index contributed by atoms with van der Waals surface area (Å²) in [6.45, 7) is 0.0447. The minimum Gasteiger partial charge on any atom is -0.468 e. The number of hydrogen-bond donors (Lipinski definition) is 2. The second kappa shape index (κ2) is 7.86. The van der Waals surface area contributed by atoms with Gasteiger partial charge in [-0.25, -0.2) is 13.1 Å². The average Bonchev–Trinajstić information content (AvgIpc) is 3.21. The highest BCUT2D eigenvalue weighted by molar-refractivity contribution is 7.89. The first-order valence-electron chi connectivity index (χ1n) is 7.91. The van der Waals surface area contributed by atoms with Crippen molar-refractivity contribution in [1.29, 1.82) is 5.26 Å². The third-order valence-electron chi connectivity index (χ3n) is 3.69. The summed E-state index contributed by atoms with van der Waals surface area (Å²) in [5.74, 6) is 0.112. The number of amides is 1. The van der Waals surface area contributed by atoms with Crippen LogP contribution >= 0.6 is 0 Å². The van der Waals surface area contributed by atoms with Crippen LogP contribution in [0, 0.1) is 11.3 Å². The Labute approximate surface area is 156 Å². The molecule has 0 aliphatic rings. The third-order valence-corrected chi connectivity index (χ3v) is 5.11. The maximum Gasteiger partial charge on any atom is 0.255 e. The number of nitriles is 1. The lowest BCUT2D eigenvalue weighted by molar-refractivity contribution is 0.102. The van der Waals surface area contributed by atoms with E-state index in [2.05, 4.69) is 10.0 Å². The number of nitrogens with one attached hydrogen (secondary N) is 2. The molecule has 0 bridgehead atoms. The maximum absolute atomic E-state index is 12.3. The summed E-state index contributed by atoms with van der Waals surface area (Å²) in [6, 6.07) is 17.4. The number of carbonyl (C=O) groups is 1. The van der Waals surface area contributed by atoms with E-state index < -0.39 is 15.9 Å². The van der Waals surface area contributed by atoms with Crippen LogP contribution in [-0.2, 0) is 16.6 Å².